The van der Waals surface area contributed by atoms with E-state index in [1.807, 2.05) is 20.8 Å². The predicted octanol–water partition coefficient (Wildman–Crippen LogP) is 6.40. The van der Waals surface area contributed by atoms with Crippen LogP contribution < -0.4 is 5.32 Å². The van der Waals surface area contributed by atoms with Crippen LogP contribution in [0, 0.1) is 5.41 Å². The normalized spacial score (nSPS) is 12.1. The molecule has 0 fully saturated rings. The van der Waals surface area contributed by atoms with E-state index in [0.717, 1.165) is 11.1 Å². The highest BCUT2D eigenvalue weighted by molar-refractivity contribution is 5.79. The van der Waals surface area contributed by atoms with Crippen LogP contribution in [-0.2, 0) is 27.1 Å². The summed E-state index contributed by atoms with van der Waals surface area (Å²) in [5.74, 6) is 0.491. The molecule has 0 spiro atoms. The number of esters is 1. The first-order valence-electron chi connectivity index (χ1n) is 12.1. The average Bonchev–Trinajstić information content (AvgIpc) is 2.76. The van der Waals surface area contributed by atoms with Gasteiger partial charge in [0.15, 0.2) is 0 Å². The number of alkyl carbamates (subject to hydrolysis) is 1. The Labute approximate surface area is 205 Å². The zero-order chi connectivity index (χ0) is 25.5. The van der Waals surface area contributed by atoms with Crippen LogP contribution in [0.25, 0.3) is 0 Å². The van der Waals surface area contributed by atoms with Crippen molar-refractivity contribution in [1.82, 2.24) is 5.32 Å². The minimum Gasteiger partial charge on any atom is -0.469 e. The second-order valence-corrected chi connectivity index (χ2v) is 10.8. The monoisotopic (exact) mass is 467 g/mol. The maximum Gasteiger partial charge on any atom is 0.407 e. The number of carbonyl (C=O) groups excluding carboxylic acids is 2. The molecule has 0 radical (unpaired) electrons. The van der Waals surface area contributed by atoms with E-state index in [-0.39, 0.29) is 12.5 Å². The average molecular weight is 468 g/mol. The molecule has 0 saturated heterocycles. The molecule has 2 aromatic carbocycles. The highest BCUT2D eigenvalue weighted by atomic mass is 16.6. The van der Waals surface area contributed by atoms with Gasteiger partial charge in [-0.15, -0.1) is 0 Å². The first-order chi connectivity index (χ1) is 15.8. The van der Waals surface area contributed by atoms with Crippen molar-refractivity contribution in [3.8, 4) is 0 Å². The molecule has 0 saturated carbocycles. The predicted molar refractivity (Wildman–Crippen MR) is 137 cm³/mol. The van der Waals surface area contributed by atoms with Gasteiger partial charge in [-0.05, 0) is 67.7 Å². The van der Waals surface area contributed by atoms with Crippen LogP contribution in [0.4, 0.5) is 4.79 Å². The van der Waals surface area contributed by atoms with E-state index in [4.69, 9.17) is 9.47 Å². The lowest BCUT2D eigenvalue weighted by Crippen LogP contribution is -2.48. The first-order valence-corrected chi connectivity index (χ1v) is 12.1. The SMILES string of the molecule is COC(=O)C(CNC(=O)OC(C)(C)C)(Cc1ccc(C(C)C)cc1)Cc1ccc(C(C)C)cc1. The molecule has 2 rings (SSSR count). The van der Waals surface area contributed by atoms with Gasteiger partial charge in [0.05, 0.1) is 12.5 Å². The number of methoxy groups -OCH3 is 1. The fourth-order valence-electron chi connectivity index (χ4n) is 4.00. The summed E-state index contributed by atoms with van der Waals surface area (Å²) >= 11 is 0. The zero-order valence-corrected chi connectivity index (χ0v) is 22.0. The van der Waals surface area contributed by atoms with E-state index in [1.54, 1.807) is 0 Å². The van der Waals surface area contributed by atoms with Gasteiger partial charge in [-0.2, -0.15) is 0 Å². The molecule has 0 bridgehead atoms. The summed E-state index contributed by atoms with van der Waals surface area (Å²) in [6.07, 6.45) is 0.311. The van der Waals surface area contributed by atoms with Crippen LogP contribution in [-0.4, -0.2) is 31.3 Å². The number of amides is 1. The van der Waals surface area contributed by atoms with Gasteiger partial charge < -0.3 is 14.8 Å². The van der Waals surface area contributed by atoms with Crippen molar-refractivity contribution in [2.75, 3.05) is 13.7 Å². The third kappa shape index (κ3) is 7.89. The second-order valence-electron chi connectivity index (χ2n) is 10.8. The van der Waals surface area contributed by atoms with Crippen molar-refractivity contribution >= 4 is 12.1 Å². The number of rotatable bonds is 9. The number of nitrogens with one attached hydrogen (secondary N) is 1. The molecule has 2 aromatic rings. The van der Waals surface area contributed by atoms with Gasteiger partial charge >= 0.3 is 12.1 Å². The van der Waals surface area contributed by atoms with E-state index in [2.05, 4.69) is 81.5 Å². The smallest absolute Gasteiger partial charge is 0.407 e. The molecule has 34 heavy (non-hydrogen) atoms. The number of benzene rings is 2. The molecule has 0 unspecified atom stereocenters. The Bertz CT molecular complexity index is 884. The Hall–Kier alpha value is -2.82. The minimum absolute atomic E-state index is 0.104. The largest absolute Gasteiger partial charge is 0.469 e. The quantitative estimate of drug-likeness (QED) is 0.433. The fraction of sp³-hybridized carbons (Fsp3) is 0.517. The molecule has 5 heteroatoms. The summed E-state index contributed by atoms with van der Waals surface area (Å²) in [4.78, 5) is 25.8. The Morgan fingerprint density at radius 1 is 0.794 bits per heavy atom. The zero-order valence-electron chi connectivity index (χ0n) is 22.0. The minimum atomic E-state index is -0.982. The van der Waals surface area contributed by atoms with Gasteiger partial charge in [0.2, 0.25) is 0 Å². The van der Waals surface area contributed by atoms with Gasteiger partial charge in [-0.3, -0.25) is 4.79 Å². The molecule has 0 heterocycles. The van der Waals surface area contributed by atoms with E-state index >= 15 is 0 Å². The van der Waals surface area contributed by atoms with Crippen LogP contribution in [0.3, 0.4) is 0 Å². The molecule has 1 N–H and O–H groups in total. The molecule has 0 aliphatic carbocycles. The third-order valence-electron chi connectivity index (χ3n) is 5.97. The molecule has 186 valence electrons. The Morgan fingerprint density at radius 2 is 1.21 bits per heavy atom. The van der Waals surface area contributed by atoms with Crippen molar-refractivity contribution in [3.63, 3.8) is 0 Å². The summed E-state index contributed by atoms with van der Waals surface area (Å²) in [6, 6.07) is 16.6. The molecule has 0 aliphatic rings. The highest BCUT2D eigenvalue weighted by Gasteiger charge is 2.41. The van der Waals surface area contributed by atoms with E-state index in [1.165, 1.54) is 18.2 Å². The Balaban J connectivity index is 2.40. The van der Waals surface area contributed by atoms with Crippen molar-refractivity contribution in [2.45, 2.75) is 78.7 Å². The lowest BCUT2D eigenvalue weighted by atomic mass is 9.76. The molecular weight excluding hydrogens is 426 g/mol. The van der Waals surface area contributed by atoms with Crippen LogP contribution in [0.1, 0.15) is 82.6 Å². The fourth-order valence-corrected chi connectivity index (χ4v) is 4.00. The molecular formula is C29H41NO4. The highest BCUT2D eigenvalue weighted by Crippen LogP contribution is 2.31. The van der Waals surface area contributed by atoms with Gasteiger partial charge in [0, 0.05) is 6.54 Å². The van der Waals surface area contributed by atoms with E-state index < -0.39 is 17.1 Å². The van der Waals surface area contributed by atoms with Crippen molar-refractivity contribution in [2.24, 2.45) is 5.41 Å². The maximum atomic E-state index is 13.3. The van der Waals surface area contributed by atoms with Gasteiger partial charge in [-0.1, -0.05) is 76.2 Å². The third-order valence-corrected chi connectivity index (χ3v) is 5.97. The van der Waals surface area contributed by atoms with Gasteiger partial charge in [-0.25, -0.2) is 4.79 Å². The summed E-state index contributed by atoms with van der Waals surface area (Å²) < 4.78 is 10.7. The van der Waals surface area contributed by atoms with Gasteiger partial charge in [0.25, 0.3) is 0 Å². The second kappa shape index (κ2) is 11.5. The van der Waals surface area contributed by atoms with Crippen LogP contribution in [0.5, 0.6) is 0 Å². The Morgan fingerprint density at radius 3 is 1.53 bits per heavy atom. The molecule has 5 nitrogen and oxygen atoms in total. The van der Waals surface area contributed by atoms with Gasteiger partial charge in [0.1, 0.15) is 5.60 Å². The number of ether oxygens (including phenoxy) is 2. The first kappa shape index (κ1) is 27.4. The molecule has 0 aliphatic heterocycles. The van der Waals surface area contributed by atoms with Crippen molar-refractivity contribution < 1.29 is 19.1 Å². The summed E-state index contributed by atoms with van der Waals surface area (Å²) in [5, 5.41) is 2.83. The lowest BCUT2D eigenvalue weighted by molar-refractivity contribution is -0.152. The molecule has 1 amide bonds. The Kier molecular flexibility index (Phi) is 9.31. The molecule has 0 aromatic heterocycles. The van der Waals surface area contributed by atoms with Crippen molar-refractivity contribution in [3.05, 3.63) is 70.8 Å². The number of carbonyl (C=O) groups is 2. The van der Waals surface area contributed by atoms with Crippen LogP contribution in [0.15, 0.2) is 48.5 Å². The standard InChI is InChI=1S/C29H41NO4/c1-20(2)24-13-9-22(10-14-24)17-29(26(31)33-8,19-30-27(32)34-28(5,6)7)18-23-11-15-25(16-12-23)21(3)4/h9-16,20-21H,17-19H2,1-8H3,(H,30,32). The van der Waals surface area contributed by atoms with Crippen molar-refractivity contribution in [1.29, 1.82) is 0 Å². The topological polar surface area (TPSA) is 64.6 Å². The summed E-state index contributed by atoms with van der Waals surface area (Å²) in [7, 11) is 1.40. The lowest BCUT2D eigenvalue weighted by Gasteiger charge is -2.32. The van der Waals surface area contributed by atoms with Crippen LogP contribution >= 0.6 is 0 Å². The summed E-state index contributed by atoms with van der Waals surface area (Å²) in [6.45, 7) is 14.1. The van der Waals surface area contributed by atoms with E-state index in [9.17, 15) is 9.59 Å². The number of hydrogen-bond acceptors (Lipinski definition) is 4. The summed E-state index contributed by atoms with van der Waals surface area (Å²) in [5.41, 5.74) is 2.90. The van der Waals surface area contributed by atoms with Crippen LogP contribution in [0.2, 0.25) is 0 Å². The van der Waals surface area contributed by atoms with E-state index in [0.29, 0.717) is 24.7 Å². The maximum absolute atomic E-state index is 13.3. The molecule has 0 atom stereocenters. The number of hydrogen-bond donors (Lipinski definition) is 1.